The Morgan fingerprint density at radius 1 is 0.972 bits per heavy atom. The molecular weight excluding hydrogens is 492 g/mol. The van der Waals surface area contributed by atoms with Crippen LogP contribution < -0.4 is 15.5 Å². The largest absolute Gasteiger partial charge is 0.338 e. The van der Waals surface area contributed by atoms with Crippen molar-refractivity contribution in [2.45, 2.75) is 17.0 Å². The Bertz CT molecular complexity index is 1320. The van der Waals surface area contributed by atoms with Crippen molar-refractivity contribution in [3.63, 3.8) is 0 Å². The van der Waals surface area contributed by atoms with Crippen LogP contribution in [0, 0.1) is 6.92 Å². The number of likely N-dealkylation sites (N-methyl/N-ethyl adjacent to an activating group) is 1. The second-order valence-corrected chi connectivity index (χ2v) is 10.7. The van der Waals surface area contributed by atoms with E-state index < -0.39 is 0 Å². The minimum Gasteiger partial charge on any atom is -0.338 e. The number of aryl methyl sites for hydroxylation is 1. The minimum absolute atomic E-state index is 0.140. The maximum atomic E-state index is 12.4. The highest BCUT2D eigenvalue weighted by atomic mass is 32.2. The van der Waals surface area contributed by atoms with Gasteiger partial charge in [-0.25, -0.2) is 4.98 Å². The van der Waals surface area contributed by atoms with Gasteiger partial charge in [0.25, 0.3) is 5.91 Å². The molecule has 1 amide bonds. The van der Waals surface area contributed by atoms with Gasteiger partial charge in [0.15, 0.2) is 10.3 Å². The van der Waals surface area contributed by atoms with E-state index in [4.69, 9.17) is 4.98 Å². The fourth-order valence-corrected chi connectivity index (χ4v) is 5.01. The van der Waals surface area contributed by atoms with Crippen LogP contribution in [0.5, 0.6) is 0 Å². The van der Waals surface area contributed by atoms with Gasteiger partial charge in [0.1, 0.15) is 0 Å². The first-order chi connectivity index (χ1) is 17.5. The van der Waals surface area contributed by atoms with Gasteiger partial charge >= 0.3 is 0 Å². The van der Waals surface area contributed by atoms with Crippen LogP contribution in [0.3, 0.4) is 0 Å². The van der Waals surface area contributed by atoms with E-state index in [1.807, 2.05) is 55.6 Å². The number of carbonyl (C=O) groups excluding carboxylic acids is 1. The number of hydrogen-bond donors (Lipinski definition) is 2. The molecule has 11 heteroatoms. The molecule has 0 aliphatic carbocycles. The second-order valence-electron chi connectivity index (χ2n) is 8.38. The average molecular weight is 519 g/mol. The summed E-state index contributed by atoms with van der Waals surface area (Å²) in [5.74, 6) is 0.990. The first kappa shape index (κ1) is 24.2. The van der Waals surface area contributed by atoms with Gasteiger partial charge in [-0.05, 0) is 62.1 Å². The van der Waals surface area contributed by atoms with Crippen LogP contribution in [0.25, 0.3) is 0 Å². The summed E-state index contributed by atoms with van der Waals surface area (Å²) in [7, 11) is 2.12. The summed E-state index contributed by atoms with van der Waals surface area (Å²) in [5, 5.41) is 7.50. The van der Waals surface area contributed by atoms with Crippen LogP contribution in [0.1, 0.15) is 15.2 Å². The Hall–Kier alpha value is -3.54. The number of rotatable bonds is 7. The summed E-state index contributed by atoms with van der Waals surface area (Å²) in [6.45, 7) is 5.64. The lowest BCUT2D eigenvalue weighted by Gasteiger charge is -2.32. The van der Waals surface area contributed by atoms with Crippen molar-refractivity contribution < 1.29 is 4.79 Å². The number of aromatic nitrogens is 4. The molecule has 0 unspecified atom stereocenters. The summed E-state index contributed by atoms with van der Waals surface area (Å²) >= 11 is 3.01. The number of piperazine rings is 1. The van der Waals surface area contributed by atoms with E-state index in [9.17, 15) is 4.79 Å². The molecule has 0 spiro atoms. The highest BCUT2D eigenvalue weighted by molar-refractivity contribution is 7.99. The lowest BCUT2D eigenvalue weighted by atomic mass is 10.2. The molecule has 1 aliphatic rings. The molecule has 1 aliphatic heterocycles. The average Bonchev–Trinajstić information content (AvgIpc) is 3.30. The topological polar surface area (TPSA) is 99.2 Å². The predicted molar refractivity (Wildman–Crippen MR) is 145 cm³/mol. The SMILES string of the molecule is Cc1cnc(Nc2nc(Sc3ccc(NC(=O)c4ccccc4)cc3)nc(N3CCN(C)CC3)n2)s1. The summed E-state index contributed by atoms with van der Waals surface area (Å²) in [5.41, 5.74) is 1.34. The molecule has 0 bridgehead atoms. The van der Waals surface area contributed by atoms with Crippen LogP contribution >= 0.6 is 23.1 Å². The number of thiazole rings is 1. The number of nitrogens with one attached hydrogen (secondary N) is 2. The molecule has 1 fully saturated rings. The van der Waals surface area contributed by atoms with Crippen molar-refractivity contribution >= 4 is 51.7 Å². The van der Waals surface area contributed by atoms with E-state index in [1.54, 1.807) is 23.5 Å². The maximum Gasteiger partial charge on any atom is 0.255 e. The zero-order chi connectivity index (χ0) is 24.9. The van der Waals surface area contributed by atoms with Crippen molar-refractivity contribution in [2.24, 2.45) is 0 Å². The lowest BCUT2D eigenvalue weighted by Crippen LogP contribution is -2.45. The Morgan fingerprint density at radius 2 is 1.72 bits per heavy atom. The van der Waals surface area contributed by atoms with E-state index in [-0.39, 0.29) is 5.91 Å². The van der Waals surface area contributed by atoms with Crippen molar-refractivity contribution in [1.82, 2.24) is 24.8 Å². The van der Waals surface area contributed by atoms with Gasteiger partial charge in [0, 0.05) is 53.4 Å². The van der Waals surface area contributed by atoms with Crippen molar-refractivity contribution in [2.75, 3.05) is 48.8 Å². The molecule has 9 nitrogen and oxygen atoms in total. The summed E-state index contributed by atoms with van der Waals surface area (Å²) in [6, 6.07) is 16.8. The van der Waals surface area contributed by atoms with Crippen molar-refractivity contribution in [1.29, 1.82) is 0 Å². The number of amides is 1. The van der Waals surface area contributed by atoms with Gasteiger partial charge in [0.05, 0.1) is 0 Å². The molecule has 0 radical (unpaired) electrons. The number of carbonyl (C=O) groups is 1. The summed E-state index contributed by atoms with van der Waals surface area (Å²) < 4.78 is 0. The lowest BCUT2D eigenvalue weighted by molar-refractivity contribution is 0.102. The van der Waals surface area contributed by atoms with Crippen LogP contribution in [0.2, 0.25) is 0 Å². The molecule has 4 aromatic rings. The van der Waals surface area contributed by atoms with Gasteiger partial charge < -0.3 is 15.1 Å². The van der Waals surface area contributed by atoms with Crippen LogP contribution in [0.15, 0.2) is 70.8 Å². The van der Waals surface area contributed by atoms with Gasteiger partial charge in [-0.2, -0.15) is 15.0 Å². The first-order valence-corrected chi connectivity index (χ1v) is 13.2. The van der Waals surface area contributed by atoms with Crippen molar-refractivity contribution in [3.05, 3.63) is 71.2 Å². The standard InChI is InChI=1S/C25H26N8OS2/c1-17-16-26-24(35-17)29-22-28-23(33-14-12-32(2)13-15-33)31-25(30-22)36-20-10-8-19(9-11-20)27-21(34)18-6-4-3-5-7-18/h3-11,16H,12-15H2,1-2H3,(H,27,34)(H,26,28,29,30,31). The molecule has 2 aromatic carbocycles. The zero-order valence-corrected chi connectivity index (χ0v) is 21.6. The molecule has 36 heavy (non-hydrogen) atoms. The maximum absolute atomic E-state index is 12.4. The van der Waals surface area contributed by atoms with E-state index >= 15 is 0 Å². The van der Waals surface area contributed by atoms with Crippen LogP contribution in [0.4, 0.5) is 22.7 Å². The Kier molecular flexibility index (Phi) is 7.40. The Morgan fingerprint density at radius 3 is 2.42 bits per heavy atom. The van der Waals surface area contributed by atoms with Crippen LogP contribution in [-0.2, 0) is 0 Å². The van der Waals surface area contributed by atoms with Gasteiger partial charge in [0.2, 0.25) is 11.9 Å². The first-order valence-electron chi connectivity index (χ1n) is 11.6. The number of nitrogens with zero attached hydrogens (tertiary/aromatic N) is 6. The quantitative estimate of drug-likeness (QED) is 0.365. The van der Waals surface area contributed by atoms with E-state index in [1.165, 1.54) is 11.8 Å². The molecule has 184 valence electrons. The fourth-order valence-electron chi connectivity index (χ4n) is 3.61. The van der Waals surface area contributed by atoms with Crippen LogP contribution in [-0.4, -0.2) is 64.0 Å². The van der Waals surface area contributed by atoms with Gasteiger partial charge in [-0.3, -0.25) is 10.1 Å². The Labute approximate surface area is 218 Å². The zero-order valence-electron chi connectivity index (χ0n) is 20.0. The normalized spacial score (nSPS) is 14.0. The second kappa shape index (κ2) is 11.0. The molecule has 5 rings (SSSR count). The third kappa shape index (κ3) is 6.17. The highest BCUT2D eigenvalue weighted by Crippen LogP contribution is 2.29. The molecule has 2 N–H and O–H groups in total. The number of hydrogen-bond acceptors (Lipinski definition) is 10. The number of anilines is 4. The fraction of sp³-hybridized carbons (Fsp3) is 0.240. The molecule has 2 aromatic heterocycles. The molecule has 0 atom stereocenters. The van der Waals surface area contributed by atoms with Crippen molar-refractivity contribution in [3.8, 4) is 0 Å². The van der Waals surface area contributed by atoms with E-state index in [0.29, 0.717) is 22.6 Å². The molecule has 0 saturated carbocycles. The van der Waals surface area contributed by atoms with Gasteiger partial charge in [-0.15, -0.1) is 11.3 Å². The minimum atomic E-state index is -0.140. The monoisotopic (exact) mass is 518 g/mol. The number of benzene rings is 2. The van der Waals surface area contributed by atoms with E-state index in [2.05, 4.69) is 42.4 Å². The van der Waals surface area contributed by atoms with E-state index in [0.717, 1.165) is 46.8 Å². The smallest absolute Gasteiger partial charge is 0.255 e. The van der Waals surface area contributed by atoms with Gasteiger partial charge in [-0.1, -0.05) is 18.2 Å². The third-order valence-electron chi connectivity index (χ3n) is 5.59. The highest BCUT2D eigenvalue weighted by Gasteiger charge is 2.19. The molecular formula is C25H26N8OS2. The Balaban J connectivity index is 1.33. The summed E-state index contributed by atoms with van der Waals surface area (Å²) in [4.78, 5) is 37.4. The third-order valence-corrected chi connectivity index (χ3v) is 7.29. The summed E-state index contributed by atoms with van der Waals surface area (Å²) in [6.07, 6.45) is 1.82. The molecule has 1 saturated heterocycles. The predicted octanol–water partition coefficient (Wildman–Crippen LogP) is 4.54. The molecule has 3 heterocycles.